The lowest BCUT2D eigenvalue weighted by molar-refractivity contribution is 0.350. The summed E-state index contributed by atoms with van der Waals surface area (Å²) in [6.45, 7) is 2.29. The number of pyridine rings is 1. The van der Waals surface area contributed by atoms with Crippen molar-refractivity contribution in [2.75, 3.05) is 20.2 Å². The van der Waals surface area contributed by atoms with Crippen molar-refractivity contribution < 1.29 is 13.5 Å². The molecule has 0 saturated heterocycles. The Hall–Kier alpha value is -1.42. The molecule has 0 amide bonds. The van der Waals surface area contributed by atoms with Gasteiger partial charge in [0.1, 0.15) is 11.5 Å². The first kappa shape index (κ1) is 16.6. The number of aromatic nitrogens is 1. The molecule has 5 nitrogen and oxygen atoms in total. The monoisotopic (exact) mass is 296 g/mol. The third kappa shape index (κ3) is 4.60. The van der Waals surface area contributed by atoms with E-state index < -0.39 is 10.0 Å². The van der Waals surface area contributed by atoms with Crippen molar-refractivity contribution in [3.63, 3.8) is 0 Å². The highest BCUT2D eigenvalue weighted by molar-refractivity contribution is 7.89. The maximum Gasteiger partial charge on any atom is 0.244 e. The molecule has 0 aromatic carbocycles. The summed E-state index contributed by atoms with van der Waals surface area (Å²) in [6, 6.07) is 1.47. The fourth-order valence-electron chi connectivity index (χ4n) is 1.65. The number of sulfonamides is 1. The van der Waals surface area contributed by atoms with Gasteiger partial charge >= 0.3 is 0 Å². The smallest absolute Gasteiger partial charge is 0.244 e. The van der Waals surface area contributed by atoms with Crippen LogP contribution in [0.15, 0.2) is 23.4 Å². The van der Waals surface area contributed by atoms with E-state index in [1.165, 1.54) is 22.8 Å². The largest absolute Gasteiger partial charge is 0.384 e. The van der Waals surface area contributed by atoms with Crippen molar-refractivity contribution in [2.45, 2.75) is 31.1 Å². The van der Waals surface area contributed by atoms with Gasteiger partial charge in [-0.05, 0) is 12.5 Å². The Kier molecular flexibility index (Phi) is 6.65. The van der Waals surface area contributed by atoms with Crippen LogP contribution in [0, 0.1) is 11.8 Å². The summed E-state index contributed by atoms with van der Waals surface area (Å²) >= 11 is 0. The predicted molar refractivity (Wildman–Crippen MR) is 77.5 cm³/mol. The van der Waals surface area contributed by atoms with Crippen LogP contribution >= 0.6 is 0 Å². The predicted octanol–water partition coefficient (Wildman–Crippen LogP) is 1.24. The summed E-state index contributed by atoms with van der Waals surface area (Å²) in [7, 11) is -1.96. The maximum atomic E-state index is 12.3. The lowest BCUT2D eigenvalue weighted by Gasteiger charge is -2.16. The highest BCUT2D eigenvalue weighted by Gasteiger charge is 2.20. The molecule has 0 atom stereocenters. The third-order valence-corrected chi connectivity index (χ3v) is 4.63. The average Bonchev–Trinajstić information content (AvgIpc) is 2.45. The number of hydrogen-bond donors (Lipinski definition) is 1. The normalized spacial score (nSPS) is 11.2. The van der Waals surface area contributed by atoms with E-state index in [4.69, 9.17) is 5.11 Å². The van der Waals surface area contributed by atoms with E-state index in [0.29, 0.717) is 12.1 Å². The Balaban J connectivity index is 2.91. The molecule has 1 heterocycles. The number of unbranched alkanes of at least 4 members (excludes halogenated alkanes) is 2. The zero-order valence-corrected chi connectivity index (χ0v) is 12.7. The molecule has 0 saturated carbocycles. The van der Waals surface area contributed by atoms with Crippen LogP contribution in [-0.2, 0) is 10.0 Å². The molecular weight excluding hydrogens is 276 g/mol. The van der Waals surface area contributed by atoms with Gasteiger partial charge in [-0.1, -0.05) is 31.6 Å². The lowest BCUT2D eigenvalue weighted by atomic mass is 10.2. The molecule has 1 rings (SSSR count). The van der Waals surface area contributed by atoms with Crippen LogP contribution < -0.4 is 0 Å². The zero-order chi connectivity index (χ0) is 15.0. The Bertz CT molecular complexity index is 588. The van der Waals surface area contributed by atoms with Crippen LogP contribution in [0.25, 0.3) is 0 Å². The maximum absolute atomic E-state index is 12.3. The summed E-state index contributed by atoms with van der Waals surface area (Å²) in [5.74, 6) is 5.12. The van der Waals surface area contributed by atoms with Crippen molar-refractivity contribution in [3.05, 3.63) is 24.0 Å². The first-order valence-electron chi connectivity index (χ1n) is 6.53. The first-order chi connectivity index (χ1) is 9.52. The topological polar surface area (TPSA) is 70.5 Å². The minimum absolute atomic E-state index is 0.126. The van der Waals surface area contributed by atoms with Gasteiger partial charge in [0.15, 0.2) is 0 Å². The van der Waals surface area contributed by atoms with Gasteiger partial charge in [0.05, 0.1) is 0 Å². The summed E-state index contributed by atoms with van der Waals surface area (Å²) in [4.78, 5) is 4.02. The molecule has 0 aliphatic rings. The number of hydrogen-bond acceptors (Lipinski definition) is 4. The SMILES string of the molecule is CCCCCN(C)S(=O)(=O)c1cncc(C#CCO)c1. The molecule has 0 aliphatic carbocycles. The third-order valence-electron chi connectivity index (χ3n) is 2.81. The van der Waals surface area contributed by atoms with Crippen LogP contribution in [0.4, 0.5) is 0 Å². The van der Waals surface area contributed by atoms with E-state index in [-0.39, 0.29) is 11.5 Å². The van der Waals surface area contributed by atoms with E-state index >= 15 is 0 Å². The van der Waals surface area contributed by atoms with Crippen LogP contribution in [0.1, 0.15) is 31.7 Å². The lowest BCUT2D eigenvalue weighted by Crippen LogP contribution is -2.28. The molecule has 0 bridgehead atoms. The molecule has 1 N–H and O–H groups in total. The Morgan fingerprint density at radius 1 is 1.35 bits per heavy atom. The van der Waals surface area contributed by atoms with Crippen molar-refractivity contribution in [3.8, 4) is 11.8 Å². The molecule has 0 radical (unpaired) electrons. The van der Waals surface area contributed by atoms with Gasteiger partial charge in [-0.25, -0.2) is 12.7 Å². The van der Waals surface area contributed by atoms with Gasteiger partial charge in [0.25, 0.3) is 0 Å². The second kappa shape index (κ2) is 8.00. The highest BCUT2D eigenvalue weighted by atomic mass is 32.2. The van der Waals surface area contributed by atoms with Crippen LogP contribution in [0.5, 0.6) is 0 Å². The van der Waals surface area contributed by atoms with Crippen LogP contribution in [0.2, 0.25) is 0 Å². The summed E-state index contributed by atoms with van der Waals surface area (Å²) in [5, 5.41) is 8.64. The first-order valence-corrected chi connectivity index (χ1v) is 7.97. The van der Waals surface area contributed by atoms with E-state index in [9.17, 15) is 8.42 Å². The van der Waals surface area contributed by atoms with Crippen molar-refractivity contribution in [1.82, 2.24) is 9.29 Å². The van der Waals surface area contributed by atoms with E-state index in [2.05, 4.69) is 23.7 Å². The summed E-state index contributed by atoms with van der Waals surface area (Å²) in [6.07, 6.45) is 5.67. The fourth-order valence-corrected chi connectivity index (χ4v) is 2.85. The minimum atomic E-state index is -3.53. The molecule has 0 aliphatic heterocycles. The average molecular weight is 296 g/mol. The summed E-state index contributed by atoms with van der Waals surface area (Å²) < 4.78 is 26.0. The van der Waals surface area contributed by atoms with Crippen LogP contribution in [0.3, 0.4) is 0 Å². The molecule has 0 unspecified atom stereocenters. The summed E-state index contributed by atoms with van der Waals surface area (Å²) in [5.41, 5.74) is 0.474. The Labute approximate surface area is 120 Å². The highest BCUT2D eigenvalue weighted by Crippen LogP contribution is 2.15. The van der Waals surface area contributed by atoms with Gasteiger partial charge < -0.3 is 5.11 Å². The van der Waals surface area contributed by atoms with Gasteiger partial charge in [0.2, 0.25) is 10.0 Å². The molecular formula is C14H20N2O3S. The molecule has 110 valence electrons. The number of aliphatic hydroxyl groups excluding tert-OH is 1. The fraction of sp³-hybridized carbons (Fsp3) is 0.500. The van der Waals surface area contributed by atoms with E-state index in [1.807, 2.05) is 0 Å². The Morgan fingerprint density at radius 2 is 2.10 bits per heavy atom. The second-order valence-corrected chi connectivity index (χ2v) is 6.45. The number of aliphatic hydroxyl groups is 1. The molecule has 0 fully saturated rings. The van der Waals surface area contributed by atoms with E-state index in [0.717, 1.165) is 19.3 Å². The van der Waals surface area contributed by atoms with Crippen molar-refractivity contribution in [2.24, 2.45) is 0 Å². The Morgan fingerprint density at radius 3 is 2.75 bits per heavy atom. The van der Waals surface area contributed by atoms with Gasteiger partial charge in [-0.3, -0.25) is 4.98 Å². The molecule has 1 aromatic rings. The standard InChI is InChI=1S/C14H20N2O3S/c1-3-4-5-8-16(2)20(18,19)14-10-13(7-6-9-17)11-15-12-14/h10-12,17H,3-5,8-9H2,1-2H3. The van der Waals surface area contributed by atoms with E-state index in [1.54, 1.807) is 7.05 Å². The van der Waals surface area contributed by atoms with Gasteiger partial charge in [-0.2, -0.15) is 0 Å². The zero-order valence-electron chi connectivity index (χ0n) is 11.8. The second-order valence-electron chi connectivity index (χ2n) is 4.40. The molecule has 1 aromatic heterocycles. The number of rotatable bonds is 6. The number of nitrogens with zero attached hydrogens (tertiary/aromatic N) is 2. The molecule has 0 spiro atoms. The minimum Gasteiger partial charge on any atom is -0.384 e. The van der Waals surface area contributed by atoms with Gasteiger partial charge in [-0.15, -0.1) is 0 Å². The van der Waals surface area contributed by atoms with Crippen LogP contribution in [-0.4, -0.2) is 43.0 Å². The quantitative estimate of drug-likeness (QED) is 0.633. The van der Waals surface area contributed by atoms with Crippen molar-refractivity contribution >= 4 is 10.0 Å². The van der Waals surface area contributed by atoms with Crippen molar-refractivity contribution in [1.29, 1.82) is 0 Å². The molecule has 6 heteroatoms. The molecule has 20 heavy (non-hydrogen) atoms. The van der Waals surface area contributed by atoms with Gasteiger partial charge in [0, 0.05) is 31.5 Å².